The minimum Gasteiger partial charge on any atom is -0.391 e. The normalized spacial score (nSPS) is 22.4. The third kappa shape index (κ3) is 2.18. The quantitative estimate of drug-likeness (QED) is 0.782. The van der Waals surface area contributed by atoms with Gasteiger partial charge in [-0.25, -0.2) is 13.1 Å². The predicted molar refractivity (Wildman–Crippen MR) is 70.0 cm³/mol. The summed E-state index contributed by atoms with van der Waals surface area (Å²) in [5.41, 5.74) is 1.82. The topological polar surface area (TPSA) is 82.2 Å². The summed E-state index contributed by atoms with van der Waals surface area (Å²) in [6, 6.07) is 8.37. The minimum absolute atomic E-state index is 0.170. The van der Waals surface area contributed by atoms with E-state index in [1.807, 2.05) is 24.3 Å². The number of benzene rings is 1. The van der Waals surface area contributed by atoms with Gasteiger partial charge in [-0.2, -0.15) is 0 Å². The summed E-state index contributed by atoms with van der Waals surface area (Å²) in [6.07, 6.45) is 2.70. The minimum atomic E-state index is -3.62. The van der Waals surface area contributed by atoms with Gasteiger partial charge in [-0.05, 0) is 17.2 Å². The van der Waals surface area contributed by atoms with Gasteiger partial charge in [0.05, 0.1) is 17.0 Å². The van der Waals surface area contributed by atoms with Gasteiger partial charge in [0.2, 0.25) is 10.0 Å². The Kier molecular flexibility index (Phi) is 2.93. The molecule has 1 aliphatic carbocycles. The van der Waals surface area contributed by atoms with Crippen molar-refractivity contribution in [3.63, 3.8) is 0 Å². The molecule has 0 radical (unpaired) electrons. The van der Waals surface area contributed by atoms with Crippen LogP contribution in [0.25, 0.3) is 0 Å². The molecule has 0 saturated heterocycles. The van der Waals surface area contributed by atoms with E-state index in [0.29, 0.717) is 6.42 Å². The van der Waals surface area contributed by atoms with Gasteiger partial charge in [-0.3, -0.25) is 0 Å². The van der Waals surface area contributed by atoms with Crippen LogP contribution in [0, 0.1) is 0 Å². The largest absolute Gasteiger partial charge is 0.391 e. The maximum Gasteiger partial charge on any atom is 0.242 e. The lowest BCUT2D eigenvalue weighted by Gasteiger charge is -2.17. The van der Waals surface area contributed by atoms with E-state index in [0.717, 1.165) is 11.1 Å². The van der Waals surface area contributed by atoms with Gasteiger partial charge < -0.3 is 10.1 Å². The predicted octanol–water partition coefficient (Wildman–Crippen LogP) is 0.951. The average molecular weight is 278 g/mol. The monoisotopic (exact) mass is 278 g/mol. The van der Waals surface area contributed by atoms with E-state index < -0.39 is 22.2 Å². The van der Waals surface area contributed by atoms with E-state index in [1.54, 1.807) is 6.20 Å². The Morgan fingerprint density at radius 1 is 1.26 bits per heavy atom. The van der Waals surface area contributed by atoms with Crippen molar-refractivity contribution in [3.05, 3.63) is 53.9 Å². The summed E-state index contributed by atoms with van der Waals surface area (Å²) >= 11 is 0. The molecule has 0 fully saturated rings. The summed E-state index contributed by atoms with van der Waals surface area (Å²) < 4.78 is 26.9. The fourth-order valence-corrected chi connectivity index (χ4v) is 3.65. The van der Waals surface area contributed by atoms with Crippen LogP contribution in [0.15, 0.2) is 47.6 Å². The second-order valence-corrected chi connectivity index (χ2v) is 6.33. The number of nitrogens with one attached hydrogen (secondary N) is 2. The second kappa shape index (κ2) is 4.48. The fourth-order valence-electron chi connectivity index (χ4n) is 2.43. The third-order valence-electron chi connectivity index (χ3n) is 3.37. The molecule has 0 aliphatic heterocycles. The van der Waals surface area contributed by atoms with Gasteiger partial charge >= 0.3 is 0 Å². The van der Waals surface area contributed by atoms with Crippen molar-refractivity contribution in [2.75, 3.05) is 0 Å². The molecular formula is C13H14N2O3S. The van der Waals surface area contributed by atoms with Crippen molar-refractivity contribution in [1.82, 2.24) is 9.71 Å². The molecule has 19 heavy (non-hydrogen) atoms. The molecule has 1 aliphatic rings. The van der Waals surface area contributed by atoms with Crippen LogP contribution in [0.5, 0.6) is 0 Å². The van der Waals surface area contributed by atoms with E-state index >= 15 is 0 Å². The van der Waals surface area contributed by atoms with E-state index in [2.05, 4.69) is 9.71 Å². The van der Waals surface area contributed by atoms with Gasteiger partial charge in [0.1, 0.15) is 0 Å². The number of sulfonamides is 1. The van der Waals surface area contributed by atoms with Crippen molar-refractivity contribution in [2.24, 2.45) is 0 Å². The number of aromatic amines is 1. The molecule has 0 saturated carbocycles. The van der Waals surface area contributed by atoms with Crippen molar-refractivity contribution in [2.45, 2.75) is 23.5 Å². The van der Waals surface area contributed by atoms with Gasteiger partial charge in [0.25, 0.3) is 0 Å². The van der Waals surface area contributed by atoms with E-state index in [4.69, 9.17) is 0 Å². The van der Waals surface area contributed by atoms with Crippen LogP contribution >= 0.6 is 0 Å². The molecule has 0 amide bonds. The lowest BCUT2D eigenvalue weighted by atomic mass is 10.1. The lowest BCUT2D eigenvalue weighted by Crippen LogP contribution is -2.33. The molecule has 0 unspecified atom stereocenters. The average Bonchev–Trinajstić information content (AvgIpc) is 2.99. The second-order valence-electron chi connectivity index (χ2n) is 4.62. The molecule has 0 spiro atoms. The number of hydrogen-bond acceptors (Lipinski definition) is 3. The lowest BCUT2D eigenvalue weighted by molar-refractivity contribution is 0.151. The number of aromatic nitrogens is 1. The summed E-state index contributed by atoms with van der Waals surface area (Å²) in [5, 5.41) is 10.0. The van der Waals surface area contributed by atoms with Gasteiger partial charge in [0, 0.05) is 18.8 Å². The van der Waals surface area contributed by atoms with E-state index in [-0.39, 0.29) is 4.90 Å². The number of rotatable bonds is 3. The van der Waals surface area contributed by atoms with Crippen LogP contribution < -0.4 is 4.72 Å². The molecular weight excluding hydrogens is 264 g/mol. The van der Waals surface area contributed by atoms with Gasteiger partial charge in [-0.1, -0.05) is 24.3 Å². The number of aliphatic hydroxyl groups is 1. The number of aliphatic hydroxyl groups excluding tert-OH is 1. The Morgan fingerprint density at radius 3 is 2.79 bits per heavy atom. The summed E-state index contributed by atoms with van der Waals surface area (Å²) in [5.74, 6) is 0. The Morgan fingerprint density at radius 2 is 2.05 bits per heavy atom. The number of fused-ring (bicyclic) bond motifs is 1. The molecule has 5 nitrogen and oxygen atoms in total. The summed E-state index contributed by atoms with van der Waals surface area (Å²) in [7, 11) is -3.62. The van der Waals surface area contributed by atoms with Crippen LogP contribution in [-0.4, -0.2) is 24.6 Å². The standard InChI is InChI=1S/C13H14N2O3S/c16-12-7-9-3-1-2-4-11(9)13(12)15-19(17,18)10-5-6-14-8-10/h1-6,8,12-16H,7H2/t12-,13+/m0/s1. The first-order valence-electron chi connectivity index (χ1n) is 5.99. The zero-order valence-electron chi connectivity index (χ0n) is 10.1. The van der Waals surface area contributed by atoms with Crippen LogP contribution in [-0.2, 0) is 16.4 Å². The Bertz CT molecular complexity index is 680. The Balaban J connectivity index is 1.92. The molecule has 100 valence electrons. The highest BCUT2D eigenvalue weighted by Gasteiger charge is 2.34. The summed E-state index contributed by atoms with van der Waals surface area (Å²) in [6.45, 7) is 0. The first-order chi connectivity index (χ1) is 9.08. The zero-order valence-corrected chi connectivity index (χ0v) is 10.9. The molecule has 6 heteroatoms. The van der Waals surface area contributed by atoms with Gasteiger partial charge in [-0.15, -0.1) is 0 Å². The van der Waals surface area contributed by atoms with Crippen molar-refractivity contribution < 1.29 is 13.5 Å². The molecule has 3 rings (SSSR count). The zero-order chi connectivity index (χ0) is 13.5. The maximum atomic E-state index is 12.2. The Labute approximate surface area is 111 Å². The third-order valence-corrected chi connectivity index (χ3v) is 4.80. The summed E-state index contributed by atoms with van der Waals surface area (Å²) in [4.78, 5) is 2.88. The molecule has 0 bridgehead atoms. The molecule has 2 aromatic rings. The van der Waals surface area contributed by atoms with Crippen molar-refractivity contribution in [3.8, 4) is 0 Å². The van der Waals surface area contributed by atoms with Crippen LogP contribution in [0.3, 0.4) is 0 Å². The maximum absolute atomic E-state index is 12.2. The number of hydrogen-bond donors (Lipinski definition) is 3. The highest BCUT2D eigenvalue weighted by molar-refractivity contribution is 7.89. The first-order valence-corrected chi connectivity index (χ1v) is 7.47. The van der Waals surface area contributed by atoms with Crippen LogP contribution in [0.1, 0.15) is 17.2 Å². The van der Waals surface area contributed by atoms with Crippen molar-refractivity contribution >= 4 is 10.0 Å². The molecule has 1 heterocycles. The molecule has 1 aromatic carbocycles. The highest BCUT2D eigenvalue weighted by Crippen LogP contribution is 2.32. The van der Waals surface area contributed by atoms with E-state index in [9.17, 15) is 13.5 Å². The van der Waals surface area contributed by atoms with Crippen LogP contribution in [0.4, 0.5) is 0 Å². The SMILES string of the molecule is O=S(=O)(N[C@@H]1c2ccccc2C[C@@H]1O)c1cc[nH]c1. The molecule has 2 atom stereocenters. The Hall–Kier alpha value is -1.63. The smallest absolute Gasteiger partial charge is 0.242 e. The highest BCUT2D eigenvalue weighted by atomic mass is 32.2. The number of H-pyrrole nitrogens is 1. The first kappa shape index (κ1) is 12.4. The molecule has 1 aromatic heterocycles. The molecule has 3 N–H and O–H groups in total. The van der Waals surface area contributed by atoms with Crippen LogP contribution in [0.2, 0.25) is 0 Å². The van der Waals surface area contributed by atoms with Crippen molar-refractivity contribution in [1.29, 1.82) is 0 Å². The fraction of sp³-hybridized carbons (Fsp3) is 0.231. The van der Waals surface area contributed by atoms with E-state index in [1.165, 1.54) is 12.3 Å². The van der Waals surface area contributed by atoms with Gasteiger partial charge in [0.15, 0.2) is 0 Å².